The van der Waals surface area contributed by atoms with Gasteiger partial charge in [-0.25, -0.2) is 0 Å². The Morgan fingerprint density at radius 2 is 0.818 bits per heavy atom. The molecule has 0 bridgehead atoms. The van der Waals surface area contributed by atoms with E-state index in [-0.39, 0.29) is 20.7 Å². The highest BCUT2D eigenvalue weighted by molar-refractivity contribution is 6.92. The second-order valence-corrected chi connectivity index (χ2v) is 7.65. The third-order valence-corrected chi connectivity index (χ3v) is 3.68. The van der Waals surface area contributed by atoms with Crippen LogP contribution in [0.4, 0.5) is 0 Å². The van der Waals surface area contributed by atoms with Gasteiger partial charge < -0.3 is 4.74 Å². The Morgan fingerprint density at radius 1 is 0.545 bits per heavy atom. The quantitative estimate of drug-likeness (QED) is 0.605. The van der Waals surface area contributed by atoms with Gasteiger partial charge in [-0.3, -0.25) is 0 Å². The van der Waals surface area contributed by atoms with Gasteiger partial charge in [0.25, 0.3) is 0 Å². The van der Waals surface area contributed by atoms with Crippen molar-refractivity contribution >= 4 is 9.90 Å². The van der Waals surface area contributed by atoms with Crippen LogP contribution in [0.15, 0.2) is 48.5 Å². The predicted molar refractivity (Wildman–Crippen MR) is 101 cm³/mol. The molecular formula is C20H29OP. The summed E-state index contributed by atoms with van der Waals surface area (Å²) >= 11 is 0. The zero-order valence-electron chi connectivity index (χ0n) is 14.7. The first-order valence-electron chi connectivity index (χ1n) is 7.55. The minimum Gasteiger partial charge on any atom is -0.457 e. The molecule has 0 saturated carbocycles. The second kappa shape index (κ2) is 6.84. The van der Waals surface area contributed by atoms with Crippen molar-refractivity contribution in [1.82, 2.24) is 0 Å². The van der Waals surface area contributed by atoms with Crippen molar-refractivity contribution < 1.29 is 4.74 Å². The molecule has 0 heterocycles. The summed E-state index contributed by atoms with van der Waals surface area (Å²) in [5.41, 5.74) is 2.98. The van der Waals surface area contributed by atoms with Crippen LogP contribution >= 0.6 is 9.90 Å². The van der Waals surface area contributed by atoms with Crippen LogP contribution in [0.3, 0.4) is 0 Å². The third kappa shape index (κ3) is 4.85. The fourth-order valence-electron chi connectivity index (χ4n) is 2.18. The Bertz CT molecular complexity index is 528. The molecule has 2 heteroatoms. The maximum atomic E-state index is 5.91. The van der Waals surface area contributed by atoms with E-state index in [0.717, 1.165) is 11.5 Å². The monoisotopic (exact) mass is 316 g/mol. The van der Waals surface area contributed by atoms with Gasteiger partial charge in [0, 0.05) is 0 Å². The van der Waals surface area contributed by atoms with Crippen molar-refractivity contribution in [1.29, 1.82) is 0 Å². The van der Waals surface area contributed by atoms with Gasteiger partial charge in [-0.1, -0.05) is 65.8 Å². The Morgan fingerprint density at radius 3 is 1.05 bits per heavy atom. The SMILES string of the molecule is CC(C)(C)c1ccc(Oc2ccc(C(C)(C)C)cc2)cc1.P. The molecule has 0 spiro atoms. The van der Waals surface area contributed by atoms with E-state index in [1.807, 2.05) is 24.3 Å². The molecule has 0 aromatic heterocycles. The summed E-state index contributed by atoms with van der Waals surface area (Å²) in [4.78, 5) is 0. The van der Waals surface area contributed by atoms with Gasteiger partial charge in [-0.15, -0.1) is 0 Å². The van der Waals surface area contributed by atoms with Gasteiger partial charge in [0.05, 0.1) is 0 Å². The number of hydrogen-bond acceptors (Lipinski definition) is 1. The molecule has 0 aliphatic heterocycles. The second-order valence-electron chi connectivity index (χ2n) is 7.65. The van der Waals surface area contributed by atoms with Crippen LogP contribution in [0.25, 0.3) is 0 Å². The fourth-order valence-corrected chi connectivity index (χ4v) is 2.18. The van der Waals surface area contributed by atoms with Gasteiger partial charge in [0.15, 0.2) is 0 Å². The van der Waals surface area contributed by atoms with E-state index in [0.29, 0.717) is 0 Å². The van der Waals surface area contributed by atoms with Crippen LogP contribution in [0.2, 0.25) is 0 Å². The maximum Gasteiger partial charge on any atom is 0.127 e. The Hall–Kier alpha value is -1.33. The first-order chi connectivity index (χ1) is 9.66. The molecule has 0 radical (unpaired) electrons. The smallest absolute Gasteiger partial charge is 0.127 e. The molecule has 0 fully saturated rings. The summed E-state index contributed by atoms with van der Waals surface area (Å²) in [6.45, 7) is 13.3. The number of benzene rings is 2. The van der Waals surface area contributed by atoms with E-state index < -0.39 is 0 Å². The van der Waals surface area contributed by atoms with Crippen LogP contribution in [0.1, 0.15) is 52.7 Å². The lowest BCUT2D eigenvalue weighted by atomic mass is 9.87. The molecular weight excluding hydrogens is 287 g/mol. The van der Waals surface area contributed by atoms with E-state index in [2.05, 4.69) is 65.8 Å². The highest BCUT2D eigenvalue weighted by Crippen LogP contribution is 2.29. The fraction of sp³-hybridized carbons (Fsp3) is 0.400. The van der Waals surface area contributed by atoms with Crippen LogP contribution in [0.5, 0.6) is 11.5 Å². The lowest BCUT2D eigenvalue weighted by Gasteiger charge is -2.20. The molecule has 1 nitrogen and oxygen atoms in total. The Labute approximate surface area is 138 Å². The number of rotatable bonds is 2. The summed E-state index contributed by atoms with van der Waals surface area (Å²) < 4.78 is 5.91. The van der Waals surface area contributed by atoms with Crippen molar-refractivity contribution in [3.05, 3.63) is 59.7 Å². The third-order valence-electron chi connectivity index (χ3n) is 3.68. The van der Waals surface area contributed by atoms with Gasteiger partial charge in [0.1, 0.15) is 11.5 Å². The molecule has 2 rings (SSSR count). The molecule has 0 aliphatic rings. The molecule has 2 aromatic carbocycles. The summed E-state index contributed by atoms with van der Waals surface area (Å²) in [6, 6.07) is 16.7. The van der Waals surface area contributed by atoms with Crippen LogP contribution in [-0.2, 0) is 10.8 Å². The van der Waals surface area contributed by atoms with Crippen molar-refractivity contribution in [3.8, 4) is 11.5 Å². The Kier molecular flexibility index (Phi) is 5.82. The average molecular weight is 316 g/mol. The first kappa shape index (κ1) is 18.7. The average Bonchev–Trinajstić information content (AvgIpc) is 2.38. The standard InChI is InChI=1S/C20H26O.H3P/c1-19(2,3)15-7-11-17(12-8-15)21-18-13-9-16(10-14-18)20(4,5)6;/h7-14H,1-6H3;1H3. The maximum absolute atomic E-state index is 5.91. The van der Waals surface area contributed by atoms with Crippen molar-refractivity contribution in [2.24, 2.45) is 0 Å². The highest BCUT2D eigenvalue weighted by atomic mass is 31.0. The molecule has 1 atom stereocenters. The minimum absolute atomic E-state index is 0. The van der Waals surface area contributed by atoms with Gasteiger partial charge in [0.2, 0.25) is 0 Å². The zero-order chi connectivity index (χ0) is 15.7. The first-order valence-corrected chi connectivity index (χ1v) is 7.55. The lowest BCUT2D eigenvalue weighted by Crippen LogP contribution is -2.10. The van der Waals surface area contributed by atoms with Gasteiger partial charge >= 0.3 is 0 Å². The van der Waals surface area contributed by atoms with Crippen LogP contribution < -0.4 is 4.74 Å². The van der Waals surface area contributed by atoms with E-state index in [1.54, 1.807) is 0 Å². The summed E-state index contributed by atoms with van der Waals surface area (Å²) in [5, 5.41) is 0. The van der Waals surface area contributed by atoms with Crippen LogP contribution in [-0.4, -0.2) is 0 Å². The molecule has 0 N–H and O–H groups in total. The van der Waals surface area contributed by atoms with Gasteiger partial charge in [-0.2, -0.15) is 9.90 Å². The molecule has 0 aliphatic carbocycles. The lowest BCUT2D eigenvalue weighted by molar-refractivity contribution is 0.480. The molecule has 2 aromatic rings. The largest absolute Gasteiger partial charge is 0.457 e. The summed E-state index contributed by atoms with van der Waals surface area (Å²) in [6.07, 6.45) is 0. The van der Waals surface area contributed by atoms with E-state index in [1.165, 1.54) is 11.1 Å². The van der Waals surface area contributed by atoms with E-state index in [4.69, 9.17) is 4.74 Å². The molecule has 22 heavy (non-hydrogen) atoms. The van der Waals surface area contributed by atoms with Crippen molar-refractivity contribution in [3.63, 3.8) is 0 Å². The molecule has 0 saturated heterocycles. The minimum atomic E-state index is 0. The molecule has 0 amide bonds. The topological polar surface area (TPSA) is 9.23 Å². The zero-order valence-corrected chi connectivity index (χ0v) is 16.1. The van der Waals surface area contributed by atoms with E-state index >= 15 is 0 Å². The molecule has 1 unspecified atom stereocenters. The van der Waals surface area contributed by atoms with Crippen molar-refractivity contribution in [2.75, 3.05) is 0 Å². The number of ether oxygens (including phenoxy) is 1. The predicted octanol–water partition coefficient (Wildman–Crippen LogP) is 6.13. The van der Waals surface area contributed by atoms with Crippen molar-refractivity contribution in [2.45, 2.75) is 52.4 Å². The van der Waals surface area contributed by atoms with Gasteiger partial charge in [-0.05, 0) is 46.2 Å². The summed E-state index contributed by atoms with van der Waals surface area (Å²) in [7, 11) is 0. The molecule has 120 valence electrons. The van der Waals surface area contributed by atoms with E-state index in [9.17, 15) is 0 Å². The number of hydrogen-bond donors (Lipinski definition) is 0. The van der Waals surface area contributed by atoms with Crippen LogP contribution in [0, 0.1) is 0 Å². The summed E-state index contributed by atoms with van der Waals surface area (Å²) in [5.74, 6) is 1.76. The Balaban J connectivity index is 0.00000242. The normalized spacial score (nSPS) is 11.7. The highest BCUT2D eigenvalue weighted by Gasteiger charge is 2.14.